The number of rotatable bonds is 12. The Balaban J connectivity index is 2.04. The van der Waals surface area contributed by atoms with Crippen molar-refractivity contribution in [1.82, 2.24) is 13.9 Å². The molecule has 0 amide bonds. The number of morpholine rings is 1. The third-order valence-corrected chi connectivity index (χ3v) is 7.23. The molecular formula is C18H33N3O3S2. The van der Waals surface area contributed by atoms with Gasteiger partial charge in [-0.3, -0.25) is 4.90 Å². The Morgan fingerprint density at radius 1 is 1.23 bits per heavy atom. The predicted molar refractivity (Wildman–Crippen MR) is 108 cm³/mol. The highest BCUT2D eigenvalue weighted by Gasteiger charge is 2.27. The Bertz CT molecular complexity index is 579. The van der Waals surface area contributed by atoms with Crippen molar-refractivity contribution in [2.75, 3.05) is 45.9 Å². The third kappa shape index (κ3) is 6.58. The van der Waals surface area contributed by atoms with Crippen molar-refractivity contribution >= 4 is 21.5 Å². The molecule has 2 heterocycles. The second-order valence-corrected chi connectivity index (χ2v) is 9.37. The van der Waals surface area contributed by atoms with Gasteiger partial charge >= 0.3 is 0 Å². The molecule has 6 nitrogen and oxygen atoms in total. The maximum Gasteiger partial charge on any atom is 0.279 e. The topological polar surface area (TPSA) is 61.9 Å². The minimum Gasteiger partial charge on any atom is -0.379 e. The van der Waals surface area contributed by atoms with E-state index < -0.39 is 10.2 Å². The first-order valence-electron chi connectivity index (χ1n) is 9.68. The van der Waals surface area contributed by atoms with Crippen molar-refractivity contribution in [2.24, 2.45) is 0 Å². The SMILES string of the molecule is CCCCN(CCCC)S(=O)(=O)NCC(c1cccs1)N1CCOCC1. The minimum atomic E-state index is -3.46. The van der Waals surface area contributed by atoms with E-state index in [4.69, 9.17) is 4.74 Å². The zero-order valence-corrected chi connectivity index (χ0v) is 17.7. The molecule has 150 valence electrons. The number of nitrogens with one attached hydrogen (secondary N) is 1. The summed E-state index contributed by atoms with van der Waals surface area (Å²) in [7, 11) is -3.46. The summed E-state index contributed by atoms with van der Waals surface area (Å²) in [6.45, 7) is 8.82. The number of thiophene rings is 1. The maximum absolute atomic E-state index is 12.9. The first-order chi connectivity index (χ1) is 12.6. The maximum atomic E-state index is 12.9. The van der Waals surface area contributed by atoms with Gasteiger partial charge in [0.05, 0.1) is 19.3 Å². The molecule has 1 N–H and O–H groups in total. The van der Waals surface area contributed by atoms with Crippen molar-refractivity contribution in [1.29, 1.82) is 0 Å². The van der Waals surface area contributed by atoms with Crippen LogP contribution in [-0.4, -0.2) is 63.6 Å². The van der Waals surface area contributed by atoms with Crippen LogP contribution in [0.4, 0.5) is 0 Å². The lowest BCUT2D eigenvalue weighted by atomic mass is 10.2. The molecule has 8 heteroatoms. The van der Waals surface area contributed by atoms with E-state index in [1.165, 1.54) is 4.88 Å². The fourth-order valence-electron chi connectivity index (χ4n) is 3.08. The molecule has 1 unspecified atom stereocenters. The van der Waals surface area contributed by atoms with E-state index >= 15 is 0 Å². The van der Waals surface area contributed by atoms with Crippen LogP contribution < -0.4 is 4.72 Å². The second-order valence-electron chi connectivity index (χ2n) is 6.64. The van der Waals surface area contributed by atoms with Gasteiger partial charge in [-0.1, -0.05) is 32.8 Å². The van der Waals surface area contributed by atoms with Crippen LogP contribution in [0.2, 0.25) is 0 Å². The van der Waals surface area contributed by atoms with E-state index in [1.54, 1.807) is 15.6 Å². The van der Waals surface area contributed by atoms with Crippen LogP contribution in [-0.2, 0) is 14.9 Å². The Morgan fingerprint density at radius 2 is 1.88 bits per heavy atom. The Labute approximate surface area is 162 Å². The summed E-state index contributed by atoms with van der Waals surface area (Å²) in [4.78, 5) is 3.52. The van der Waals surface area contributed by atoms with Crippen molar-refractivity contribution in [3.63, 3.8) is 0 Å². The quantitative estimate of drug-likeness (QED) is 0.583. The van der Waals surface area contributed by atoms with Gasteiger partial charge in [0, 0.05) is 37.6 Å². The Hall–Kier alpha value is -0.510. The summed E-state index contributed by atoms with van der Waals surface area (Å²) in [5, 5.41) is 2.05. The number of nitrogens with zero attached hydrogens (tertiary/aromatic N) is 2. The summed E-state index contributed by atoms with van der Waals surface area (Å²) < 4.78 is 35.7. The van der Waals surface area contributed by atoms with Crippen LogP contribution in [0, 0.1) is 0 Å². The molecule has 1 aliphatic heterocycles. The lowest BCUT2D eigenvalue weighted by Gasteiger charge is -2.34. The summed E-state index contributed by atoms with van der Waals surface area (Å²) in [6, 6.07) is 4.18. The summed E-state index contributed by atoms with van der Waals surface area (Å²) >= 11 is 1.68. The molecule has 0 aromatic carbocycles. The molecule has 1 atom stereocenters. The molecule has 1 aliphatic rings. The molecule has 0 aliphatic carbocycles. The zero-order valence-electron chi connectivity index (χ0n) is 16.0. The lowest BCUT2D eigenvalue weighted by molar-refractivity contribution is 0.0178. The van der Waals surface area contributed by atoms with Crippen molar-refractivity contribution < 1.29 is 13.2 Å². The van der Waals surface area contributed by atoms with Crippen molar-refractivity contribution in [3.05, 3.63) is 22.4 Å². The molecule has 0 radical (unpaired) electrons. The van der Waals surface area contributed by atoms with Gasteiger partial charge in [0.15, 0.2) is 0 Å². The van der Waals surface area contributed by atoms with Crippen molar-refractivity contribution in [3.8, 4) is 0 Å². The minimum absolute atomic E-state index is 0.0628. The molecule has 1 saturated heterocycles. The van der Waals surface area contributed by atoms with Crippen LogP contribution in [0.25, 0.3) is 0 Å². The number of ether oxygens (including phenoxy) is 1. The summed E-state index contributed by atoms with van der Waals surface area (Å²) in [5.41, 5.74) is 0. The van der Waals surface area contributed by atoms with Crippen LogP contribution in [0.1, 0.15) is 50.4 Å². The van der Waals surface area contributed by atoms with Crippen LogP contribution in [0.15, 0.2) is 17.5 Å². The van der Waals surface area contributed by atoms with E-state index in [0.717, 1.165) is 38.8 Å². The highest BCUT2D eigenvalue weighted by Crippen LogP contribution is 2.25. The predicted octanol–water partition coefficient (Wildman–Crippen LogP) is 2.86. The van der Waals surface area contributed by atoms with E-state index in [9.17, 15) is 8.42 Å². The second kappa shape index (κ2) is 11.4. The molecule has 0 spiro atoms. The average molecular weight is 404 g/mol. The largest absolute Gasteiger partial charge is 0.379 e. The molecule has 26 heavy (non-hydrogen) atoms. The van der Waals surface area contributed by atoms with Gasteiger partial charge in [-0.25, -0.2) is 4.72 Å². The van der Waals surface area contributed by atoms with Gasteiger partial charge in [0.2, 0.25) is 0 Å². The molecule has 1 aromatic heterocycles. The van der Waals surface area contributed by atoms with E-state index in [1.807, 2.05) is 11.4 Å². The third-order valence-electron chi connectivity index (χ3n) is 4.68. The summed E-state index contributed by atoms with van der Waals surface area (Å²) in [6.07, 6.45) is 3.76. The molecule has 1 fully saturated rings. The van der Waals surface area contributed by atoms with Crippen LogP contribution in [0.3, 0.4) is 0 Å². The van der Waals surface area contributed by atoms with E-state index in [0.29, 0.717) is 32.8 Å². The Morgan fingerprint density at radius 3 is 2.42 bits per heavy atom. The molecule has 0 bridgehead atoms. The molecule has 0 saturated carbocycles. The van der Waals surface area contributed by atoms with Crippen LogP contribution >= 0.6 is 11.3 Å². The highest BCUT2D eigenvalue weighted by atomic mass is 32.2. The first-order valence-corrected chi connectivity index (χ1v) is 12.0. The first kappa shape index (κ1) is 21.8. The van der Waals surface area contributed by atoms with Gasteiger partial charge in [0.1, 0.15) is 0 Å². The normalized spacial score (nSPS) is 17.7. The van der Waals surface area contributed by atoms with Gasteiger partial charge in [-0.2, -0.15) is 12.7 Å². The fraction of sp³-hybridized carbons (Fsp3) is 0.778. The summed E-state index contributed by atoms with van der Waals surface area (Å²) in [5.74, 6) is 0. The monoisotopic (exact) mass is 403 g/mol. The van der Waals surface area contributed by atoms with Gasteiger partial charge < -0.3 is 4.74 Å². The van der Waals surface area contributed by atoms with Gasteiger partial charge in [-0.15, -0.1) is 11.3 Å². The average Bonchev–Trinajstić information content (AvgIpc) is 3.17. The van der Waals surface area contributed by atoms with Gasteiger partial charge in [-0.05, 0) is 24.3 Å². The highest BCUT2D eigenvalue weighted by molar-refractivity contribution is 7.87. The van der Waals surface area contributed by atoms with Crippen molar-refractivity contribution in [2.45, 2.75) is 45.6 Å². The van der Waals surface area contributed by atoms with Crippen LogP contribution in [0.5, 0.6) is 0 Å². The lowest BCUT2D eigenvalue weighted by Crippen LogP contribution is -2.47. The van der Waals surface area contributed by atoms with Gasteiger partial charge in [0.25, 0.3) is 10.2 Å². The Kier molecular flexibility index (Phi) is 9.52. The van der Waals surface area contributed by atoms with E-state index in [-0.39, 0.29) is 6.04 Å². The molecule has 2 rings (SSSR count). The molecular weight excluding hydrogens is 370 g/mol. The fourth-order valence-corrected chi connectivity index (χ4v) is 5.23. The smallest absolute Gasteiger partial charge is 0.279 e. The van der Waals surface area contributed by atoms with E-state index in [2.05, 4.69) is 29.5 Å². The standard InChI is InChI=1S/C18H33N3O3S2/c1-3-5-9-21(10-6-4-2)26(22,23)19-16-17(18-8-7-15-25-18)20-11-13-24-14-12-20/h7-8,15,17,19H,3-6,9-14,16H2,1-2H3. The number of hydrogen-bond donors (Lipinski definition) is 1. The zero-order chi connectivity index (χ0) is 18.8. The molecule has 1 aromatic rings. The number of unbranched alkanes of at least 4 members (excludes halogenated alkanes) is 2. The number of hydrogen-bond acceptors (Lipinski definition) is 5.